The molecule has 0 amide bonds. The van der Waals surface area contributed by atoms with E-state index in [4.69, 9.17) is 5.73 Å². The second kappa shape index (κ2) is 3.33. The molecule has 0 heterocycles. The topological polar surface area (TPSA) is 26.0 Å². The van der Waals surface area contributed by atoms with Crippen LogP contribution in [0.1, 0.15) is 11.6 Å². The molecule has 1 nitrogen and oxygen atoms in total. The predicted molar refractivity (Wildman–Crippen MR) is 39.4 cm³/mol. The van der Waals surface area contributed by atoms with E-state index in [1.807, 2.05) is 0 Å². The standard InChI is InChI=1S/C8H7F4N/c9-6-3-1-5(2-4-6)7(13)8(10,11)12/h1-4,7H,13H2/t7-/m1/s1. The molecule has 0 radical (unpaired) electrons. The first kappa shape index (κ1) is 9.98. The summed E-state index contributed by atoms with van der Waals surface area (Å²) in [5, 5.41) is 0. The highest BCUT2D eigenvalue weighted by atomic mass is 19.4. The van der Waals surface area contributed by atoms with E-state index in [2.05, 4.69) is 0 Å². The lowest BCUT2D eigenvalue weighted by atomic mass is 10.1. The fourth-order valence-corrected chi connectivity index (χ4v) is 0.859. The molecule has 0 unspecified atom stereocenters. The fourth-order valence-electron chi connectivity index (χ4n) is 0.859. The quantitative estimate of drug-likeness (QED) is 0.681. The SMILES string of the molecule is N[C@H](c1ccc(F)cc1)C(F)(F)F. The lowest BCUT2D eigenvalue weighted by Crippen LogP contribution is -2.28. The normalized spacial score (nSPS) is 14.2. The van der Waals surface area contributed by atoms with Gasteiger partial charge in [-0.15, -0.1) is 0 Å². The zero-order chi connectivity index (χ0) is 10.1. The van der Waals surface area contributed by atoms with Crippen molar-refractivity contribution in [1.29, 1.82) is 0 Å². The molecule has 1 aromatic carbocycles. The summed E-state index contributed by atoms with van der Waals surface area (Å²) < 4.78 is 48.4. The highest BCUT2D eigenvalue weighted by Crippen LogP contribution is 2.30. The van der Waals surface area contributed by atoms with Gasteiger partial charge in [-0.2, -0.15) is 13.2 Å². The Morgan fingerprint density at radius 2 is 1.54 bits per heavy atom. The minimum Gasteiger partial charge on any atom is -0.316 e. The molecule has 0 spiro atoms. The third-order valence-corrected chi connectivity index (χ3v) is 1.58. The molecule has 1 atom stereocenters. The van der Waals surface area contributed by atoms with Gasteiger partial charge in [-0.1, -0.05) is 12.1 Å². The van der Waals surface area contributed by atoms with Gasteiger partial charge in [-0.3, -0.25) is 0 Å². The van der Waals surface area contributed by atoms with E-state index < -0.39 is 18.0 Å². The van der Waals surface area contributed by atoms with Crippen molar-refractivity contribution >= 4 is 0 Å². The van der Waals surface area contributed by atoms with Crippen LogP contribution in [0.25, 0.3) is 0 Å². The third-order valence-electron chi connectivity index (χ3n) is 1.58. The van der Waals surface area contributed by atoms with Crippen molar-refractivity contribution in [1.82, 2.24) is 0 Å². The van der Waals surface area contributed by atoms with Crippen LogP contribution in [0.4, 0.5) is 17.6 Å². The molecule has 0 aliphatic carbocycles. The third kappa shape index (κ3) is 2.42. The first-order chi connectivity index (χ1) is 5.91. The van der Waals surface area contributed by atoms with Gasteiger partial charge >= 0.3 is 6.18 Å². The summed E-state index contributed by atoms with van der Waals surface area (Å²) >= 11 is 0. The van der Waals surface area contributed by atoms with Crippen LogP contribution in [0.3, 0.4) is 0 Å². The van der Waals surface area contributed by atoms with Gasteiger partial charge < -0.3 is 5.73 Å². The molecule has 1 rings (SSSR count). The molecule has 0 aliphatic heterocycles. The van der Waals surface area contributed by atoms with Crippen LogP contribution in [0.15, 0.2) is 24.3 Å². The molecule has 2 N–H and O–H groups in total. The summed E-state index contributed by atoms with van der Waals surface area (Å²) in [6, 6.07) is 1.89. The second-order valence-corrected chi connectivity index (χ2v) is 2.57. The number of rotatable bonds is 1. The van der Waals surface area contributed by atoms with Gasteiger partial charge in [0.2, 0.25) is 0 Å². The van der Waals surface area contributed by atoms with E-state index in [1.165, 1.54) is 0 Å². The lowest BCUT2D eigenvalue weighted by molar-refractivity contribution is -0.149. The van der Waals surface area contributed by atoms with Crippen molar-refractivity contribution in [3.63, 3.8) is 0 Å². The fraction of sp³-hybridized carbons (Fsp3) is 0.250. The van der Waals surface area contributed by atoms with Gasteiger partial charge in [-0.25, -0.2) is 4.39 Å². The zero-order valence-corrected chi connectivity index (χ0v) is 6.48. The van der Waals surface area contributed by atoms with E-state index >= 15 is 0 Å². The van der Waals surface area contributed by atoms with E-state index in [1.54, 1.807) is 0 Å². The van der Waals surface area contributed by atoms with Crippen molar-refractivity contribution in [2.45, 2.75) is 12.2 Å². The Hall–Kier alpha value is -1.10. The summed E-state index contributed by atoms with van der Waals surface area (Å²) in [5.74, 6) is -0.585. The summed E-state index contributed by atoms with van der Waals surface area (Å²) in [5.41, 5.74) is 4.73. The van der Waals surface area contributed by atoms with Crippen LogP contribution in [-0.2, 0) is 0 Å². The molecule has 1 aromatic rings. The maximum absolute atomic E-state index is 12.3. The van der Waals surface area contributed by atoms with Crippen LogP contribution in [-0.4, -0.2) is 6.18 Å². The first-order valence-electron chi connectivity index (χ1n) is 3.49. The van der Waals surface area contributed by atoms with E-state index in [0.717, 1.165) is 24.3 Å². The summed E-state index contributed by atoms with van der Waals surface area (Å²) in [7, 11) is 0. The van der Waals surface area contributed by atoms with Gasteiger partial charge in [0.05, 0.1) is 0 Å². The highest BCUT2D eigenvalue weighted by Gasteiger charge is 2.37. The molecular formula is C8H7F4N. The van der Waals surface area contributed by atoms with Gasteiger partial charge in [0.25, 0.3) is 0 Å². The Balaban J connectivity index is 2.90. The zero-order valence-electron chi connectivity index (χ0n) is 6.48. The molecule has 72 valence electrons. The number of alkyl halides is 3. The van der Waals surface area contributed by atoms with Crippen LogP contribution >= 0.6 is 0 Å². The van der Waals surface area contributed by atoms with Crippen molar-refractivity contribution in [2.75, 3.05) is 0 Å². The largest absolute Gasteiger partial charge is 0.407 e. The van der Waals surface area contributed by atoms with Crippen molar-refractivity contribution in [3.8, 4) is 0 Å². The number of hydrogen-bond acceptors (Lipinski definition) is 1. The smallest absolute Gasteiger partial charge is 0.316 e. The second-order valence-electron chi connectivity index (χ2n) is 2.57. The van der Waals surface area contributed by atoms with Crippen molar-refractivity contribution in [2.24, 2.45) is 5.73 Å². The maximum atomic E-state index is 12.3. The molecule has 5 heteroatoms. The molecule has 0 aromatic heterocycles. The number of hydrogen-bond donors (Lipinski definition) is 1. The number of halogens is 4. The Morgan fingerprint density at radius 1 is 1.08 bits per heavy atom. The first-order valence-corrected chi connectivity index (χ1v) is 3.49. The van der Waals surface area contributed by atoms with Crippen LogP contribution in [0.5, 0.6) is 0 Å². The molecule has 0 fully saturated rings. The van der Waals surface area contributed by atoms with Crippen molar-refractivity contribution in [3.05, 3.63) is 35.6 Å². The van der Waals surface area contributed by atoms with Crippen LogP contribution in [0.2, 0.25) is 0 Å². The Bertz CT molecular complexity index is 277. The molecule has 13 heavy (non-hydrogen) atoms. The molecule has 0 aliphatic rings. The van der Waals surface area contributed by atoms with Gasteiger partial charge in [0, 0.05) is 0 Å². The monoisotopic (exact) mass is 193 g/mol. The van der Waals surface area contributed by atoms with Crippen LogP contribution in [0, 0.1) is 5.82 Å². The molecule has 0 saturated carbocycles. The van der Waals surface area contributed by atoms with Crippen molar-refractivity contribution < 1.29 is 17.6 Å². The highest BCUT2D eigenvalue weighted by molar-refractivity contribution is 5.20. The molecule has 0 saturated heterocycles. The average Bonchev–Trinajstić information content (AvgIpc) is 2.03. The maximum Gasteiger partial charge on any atom is 0.407 e. The average molecular weight is 193 g/mol. The minimum atomic E-state index is -4.49. The molecule has 0 bridgehead atoms. The van der Waals surface area contributed by atoms with E-state index in [0.29, 0.717) is 0 Å². The summed E-state index contributed by atoms with van der Waals surface area (Å²) in [4.78, 5) is 0. The van der Waals surface area contributed by atoms with Gasteiger partial charge in [0.1, 0.15) is 11.9 Å². The Morgan fingerprint density at radius 3 is 1.92 bits per heavy atom. The Kier molecular flexibility index (Phi) is 2.56. The Labute approximate surface area is 72.2 Å². The molecular weight excluding hydrogens is 186 g/mol. The predicted octanol–water partition coefficient (Wildman–Crippen LogP) is 2.39. The summed E-state index contributed by atoms with van der Waals surface area (Å²) in [6.45, 7) is 0. The van der Waals surface area contributed by atoms with E-state index in [-0.39, 0.29) is 5.56 Å². The van der Waals surface area contributed by atoms with Gasteiger partial charge in [0.15, 0.2) is 0 Å². The minimum absolute atomic E-state index is 0.145. The lowest BCUT2D eigenvalue weighted by Gasteiger charge is -2.15. The number of nitrogens with two attached hydrogens (primary N) is 1. The number of benzene rings is 1. The summed E-state index contributed by atoms with van der Waals surface area (Å²) in [6.07, 6.45) is -4.49. The van der Waals surface area contributed by atoms with Gasteiger partial charge in [-0.05, 0) is 17.7 Å². The van der Waals surface area contributed by atoms with Crippen LogP contribution < -0.4 is 5.73 Å². The van der Waals surface area contributed by atoms with E-state index in [9.17, 15) is 17.6 Å².